The number of fused-ring (bicyclic) bond motifs is 1. The first kappa shape index (κ1) is 8.00. The number of pyridine rings is 1. The molecule has 3 heterocycles. The van der Waals surface area contributed by atoms with Gasteiger partial charge in [-0.15, -0.1) is 0 Å². The normalized spacial score (nSPS) is 21.9. The Bertz CT molecular complexity index is 440. The average Bonchev–Trinajstić information content (AvgIpc) is 2.85. The van der Waals surface area contributed by atoms with Crippen LogP contribution in [-0.4, -0.2) is 22.6 Å². The second-order valence-electron chi connectivity index (χ2n) is 3.78. The molecule has 0 bridgehead atoms. The van der Waals surface area contributed by atoms with Crippen molar-refractivity contribution in [1.82, 2.24) is 14.9 Å². The maximum atomic E-state index is 4.33. The maximum absolute atomic E-state index is 4.33. The van der Waals surface area contributed by atoms with Gasteiger partial charge in [0, 0.05) is 25.0 Å². The van der Waals surface area contributed by atoms with Crippen LogP contribution in [0.15, 0.2) is 30.6 Å². The first-order valence-electron chi connectivity index (χ1n) is 5.07. The number of rotatable bonds is 1. The van der Waals surface area contributed by atoms with Crippen LogP contribution in [0.4, 0.5) is 0 Å². The van der Waals surface area contributed by atoms with E-state index in [9.17, 15) is 0 Å². The Labute approximate surface area is 82.8 Å². The molecule has 3 nitrogen and oxygen atoms in total. The molecule has 14 heavy (non-hydrogen) atoms. The molecule has 3 rings (SSSR count). The minimum absolute atomic E-state index is 0.608. The lowest BCUT2D eigenvalue weighted by molar-refractivity contribution is 0.565. The molecule has 1 fully saturated rings. The summed E-state index contributed by atoms with van der Waals surface area (Å²) in [5, 5.41) is 3.38. The van der Waals surface area contributed by atoms with E-state index in [4.69, 9.17) is 0 Å². The summed E-state index contributed by atoms with van der Waals surface area (Å²) in [6, 6.07) is 6.84. The zero-order valence-electron chi connectivity index (χ0n) is 7.98. The standard InChI is InChI=1S/C11H13N3/c1-2-11-10(13-5-1)4-7-14(11)9-3-6-12-8-9/h1-2,4-5,7,9,12H,3,6,8H2. The zero-order valence-corrected chi connectivity index (χ0v) is 7.98. The molecule has 1 atom stereocenters. The van der Waals surface area contributed by atoms with Crippen LogP contribution in [0.5, 0.6) is 0 Å². The lowest BCUT2D eigenvalue weighted by Crippen LogP contribution is -2.12. The lowest BCUT2D eigenvalue weighted by atomic mass is 10.2. The minimum Gasteiger partial charge on any atom is -0.342 e. The zero-order chi connectivity index (χ0) is 9.38. The maximum Gasteiger partial charge on any atom is 0.0881 e. The molecule has 72 valence electrons. The lowest BCUT2D eigenvalue weighted by Gasteiger charge is -2.11. The van der Waals surface area contributed by atoms with Crippen molar-refractivity contribution in [2.24, 2.45) is 0 Å². The Kier molecular flexibility index (Phi) is 1.77. The van der Waals surface area contributed by atoms with Crippen molar-refractivity contribution in [2.45, 2.75) is 12.5 Å². The van der Waals surface area contributed by atoms with Crippen molar-refractivity contribution in [2.75, 3.05) is 13.1 Å². The Hall–Kier alpha value is -1.35. The highest BCUT2D eigenvalue weighted by molar-refractivity contribution is 5.75. The molecule has 0 amide bonds. The Balaban J connectivity index is 2.11. The molecule has 1 saturated heterocycles. The van der Waals surface area contributed by atoms with E-state index in [1.54, 1.807) is 0 Å². The van der Waals surface area contributed by atoms with E-state index in [0.29, 0.717) is 6.04 Å². The summed E-state index contributed by atoms with van der Waals surface area (Å²) in [5.74, 6) is 0. The highest BCUT2D eigenvalue weighted by Gasteiger charge is 2.17. The van der Waals surface area contributed by atoms with Gasteiger partial charge in [-0.1, -0.05) is 0 Å². The van der Waals surface area contributed by atoms with Crippen LogP contribution in [0.2, 0.25) is 0 Å². The van der Waals surface area contributed by atoms with Crippen LogP contribution >= 0.6 is 0 Å². The van der Waals surface area contributed by atoms with E-state index in [2.05, 4.69) is 33.2 Å². The fraction of sp³-hybridized carbons (Fsp3) is 0.364. The van der Waals surface area contributed by atoms with Crippen molar-refractivity contribution < 1.29 is 0 Å². The Morgan fingerprint density at radius 2 is 2.43 bits per heavy atom. The minimum atomic E-state index is 0.608. The van der Waals surface area contributed by atoms with Gasteiger partial charge < -0.3 is 9.88 Å². The summed E-state index contributed by atoms with van der Waals surface area (Å²) >= 11 is 0. The van der Waals surface area contributed by atoms with Gasteiger partial charge in [-0.3, -0.25) is 4.98 Å². The number of hydrogen-bond acceptors (Lipinski definition) is 2. The monoisotopic (exact) mass is 187 g/mol. The van der Waals surface area contributed by atoms with Crippen LogP contribution in [0.1, 0.15) is 12.5 Å². The van der Waals surface area contributed by atoms with Crippen LogP contribution in [-0.2, 0) is 0 Å². The van der Waals surface area contributed by atoms with E-state index in [0.717, 1.165) is 18.6 Å². The molecule has 0 spiro atoms. The van der Waals surface area contributed by atoms with Crippen molar-refractivity contribution >= 4 is 11.0 Å². The van der Waals surface area contributed by atoms with Gasteiger partial charge in [0.15, 0.2) is 0 Å². The van der Waals surface area contributed by atoms with E-state index in [1.807, 2.05) is 12.3 Å². The predicted octanol–water partition coefficient (Wildman–Crippen LogP) is 1.57. The van der Waals surface area contributed by atoms with E-state index < -0.39 is 0 Å². The fourth-order valence-electron chi connectivity index (χ4n) is 2.18. The molecule has 2 aromatic heterocycles. The molecular weight excluding hydrogens is 174 g/mol. The quantitative estimate of drug-likeness (QED) is 0.734. The van der Waals surface area contributed by atoms with Crippen molar-refractivity contribution in [3.63, 3.8) is 0 Å². The van der Waals surface area contributed by atoms with Gasteiger partial charge in [-0.25, -0.2) is 0 Å². The summed E-state index contributed by atoms with van der Waals surface area (Å²) < 4.78 is 2.34. The number of aromatic nitrogens is 2. The van der Waals surface area contributed by atoms with Gasteiger partial charge in [0.1, 0.15) is 0 Å². The van der Waals surface area contributed by atoms with E-state index >= 15 is 0 Å². The fourth-order valence-corrected chi connectivity index (χ4v) is 2.18. The van der Waals surface area contributed by atoms with E-state index in [-0.39, 0.29) is 0 Å². The van der Waals surface area contributed by atoms with Crippen molar-refractivity contribution in [3.8, 4) is 0 Å². The summed E-state index contributed by atoms with van der Waals surface area (Å²) in [6.45, 7) is 2.21. The van der Waals surface area contributed by atoms with Crippen LogP contribution in [0, 0.1) is 0 Å². The third kappa shape index (κ3) is 1.13. The number of nitrogens with one attached hydrogen (secondary N) is 1. The van der Waals surface area contributed by atoms with Crippen molar-refractivity contribution in [1.29, 1.82) is 0 Å². The molecule has 0 aliphatic carbocycles. The first-order chi connectivity index (χ1) is 6.95. The SMILES string of the molecule is c1cnc2ccn(C3CCNC3)c2c1. The van der Waals surface area contributed by atoms with Gasteiger partial charge in [0.2, 0.25) is 0 Å². The highest BCUT2D eigenvalue weighted by Crippen LogP contribution is 2.21. The topological polar surface area (TPSA) is 29.9 Å². The third-order valence-corrected chi connectivity index (χ3v) is 2.92. The van der Waals surface area contributed by atoms with Gasteiger partial charge in [-0.2, -0.15) is 0 Å². The summed E-state index contributed by atoms with van der Waals surface area (Å²) in [4.78, 5) is 4.33. The van der Waals surface area contributed by atoms with Gasteiger partial charge in [0.05, 0.1) is 11.0 Å². The van der Waals surface area contributed by atoms with E-state index in [1.165, 1.54) is 11.9 Å². The molecule has 2 aromatic rings. The second-order valence-corrected chi connectivity index (χ2v) is 3.78. The largest absolute Gasteiger partial charge is 0.342 e. The molecule has 0 aromatic carbocycles. The highest BCUT2D eigenvalue weighted by atomic mass is 15.1. The van der Waals surface area contributed by atoms with Gasteiger partial charge in [0.25, 0.3) is 0 Å². The molecule has 1 aliphatic heterocycles. The van der Waals surface area contributed by atoms with Crippen molar-refractivity contribution in [3.05, 3.63) is 30.6 Å². The molecule has 0 radical (unpaired) electrons. The summed E-state index contributed by atoms with van der Waals surface area (Å²) in [6.07, 6.45) is 5.22. The molecule has 1 aliphatic rings. The molecule has 3 heteroatoms. The summed E-state index contributed by atoms with van der Waals surface area (Å²) in [7, 11) is 0. The molecule has 0 saturated carbocycles. The molecule has 1 unspecified atom stereocenters. The number of nitrogens with zero attached hydrogens (tertiary/aromatic N) is 2. The number of hydrogen-bond donors (Lipinski definition) is 1. The third-order valence-electron chi connectivity index (χ3n) is 2.92. The summed E-state index contributed by atoms with van der Waals surface area (Å²) in [5.41, 5.74) is 2.35. The predicted molar refractivity (Wildman–Crippen MR) is 56.3 cm³/mol. The first-order valence-corrected chi connectivity index (χ1v) is 5.07. The van der Waals surface area contributed by atoms with Crippen LogP contribution in [0.25, 0.3) is 11.0 Å². The second kappa shape index (κ2) is 3.10. The van der Waals surface area contributed by atoms with Crippen LogP contribution in [0.3, 0.4) is 0 Å². The van der Waals surface area contributed by atoms with Gasteiger partial charge >= 0.3 is 0 Å². The Morgan fingerprint density at radius 1 is 1.43 bits per heavy atom. The average molecular weight is 187 g/mol. The Morgan fingerprint density at radius 3 is 3.29 bits per heavy atom. The van der Waals surface area contributed by atoms with Crippen LogP contribution < -0.4 is 5.32 Å². The molecule has 1 N–H and O–H groups in total. The smallest absolute Gasteiger partial charge is 0.0881 e. The van der Waals surface area contributed by atoms with Gasteiger partial charge in [-0.05, 0) is 31.2 Å². The molecular formula is C11H13N3.